The molecule has 3 nitrogen and oxygen atoms in total. The van der Waals surface area contributed by atoms with Crippen molar-refractivity contribution in [3.05, 3.63) is 59.2 Å². The SMILES string of the molecule is Cc1ccc2c3c(c4ccccc4cc13)C(=O)N(C)C2=O. The maximum Gasteiger partial charge on any atom is 0.261 e. The molecule has 1 aliphatic rings. The highest BCUT2D eigenvalue weighted by atomic mass is 16.2. The van der Waals surface area contributed by atoms with Crippen LogP contribution in [0.5, 0.6) is 0 Å². The van der Waals surface area contributed by atoms with E-state index in [0.717, 1.165) is 27.1 Å². The molecule has 0 spiro atoms. The minimum Gasteiger partial charge on any atom is -0.277 e. The summed E-state index contributed by atoms with van der Waals surface area (Å²) < 4.78 is 0. The minimum absolute atomic E-state index is 0.222. The van der Waals surface area contributed by atoms with E-state index in [9.17, 15) is 9.59 Å². The van der Waals surface area contributed by atoms with Crippen molar-refractivity contribution in [1.29, 1.82) is 0 Å². The van der Waals surface area contributed by atoms with Crippen LogP contribution in [-0.4, -0.2) is 23.8 Å². The van der Waals surface area contributed by atoms with Crippen molar-refractivity contribution in [2.75, 3.05) is 7.05 Å². The van der Waals surface area contributed by atoms with Crippen molar-refractivity contribution in [2.45, 2.75) is 6.92 Å². The zero-order chi connectivity index (χ0) is 14.7. The molecule has 0 N–H and O–H groups in total. The molecule has 0 atom stereocenters. The van der Waals surface area contributed by atoms with Crippen molar-refractivity contribution in [3.8, 4) is 0 Å². The summed E-state index contributed by atoms with van der Waals surface area (Å²) in [4.78, 5) is 26.2. The summed E-state index contributed by atoms with van der Waals surface area (Å²) >= 11 is 0. The van der Waals surface area contributed by atoms with Gasteiger partial charge in [-0.2, -0.15) is 0 Å². The maximum absolute atomic E-state index is 12.6. The van der Waals surface area contributed by atoms with E-state index in [1.807, 2.05) is 43.3 Å². The van der Waals surface area contributed by atoms with Crippen molar-refractivity contribution in [2.24, 2.45) is 0 Å². The highest BCUT2D eigenvalue weighted by Crippen LogP contribution is 2.36. The molecule has 0 unspecified atom stereocenters. The molecule has 1 aliphatic heterocycles. The number of carbonyl (C=O) groups excluding carboxylic acids is 2. The van der Waals surface area contributed by atoms with E-state index in [-0.39, 0.29) is 11.8 Å². The summed E-state index contributed by atoms with van der Waals surface area (Å²) in [6.45, 7) is 2.00. The standard InChI is InChI=1S/C18H13NO2/c1-10-7-8-13-15-14(10)9-11-5-3-4-6-12(11)16(15)18(21)19(2)17(13)20/h3-9H,1-2H3. The van der Waals surface area contributed by atoms with Crippen molar-refractivity contribution >= 4 is 33.4 Å². The van der Waals surface area contributed by atoms with Crippen LogP contribution in [0.1, 0.15) is 26.3 Å². The Bertz CT molecular complexity index is 956. The monoisotopic (exact) mass is 275 g/mol. The van der Waals surface area contributed by atoms with E-state index >= 15 is 0 Å². The van der Waals surface area contributed by atoms with Crippen LogP contribution < -0.4 is 0 Å². The Balaban J connectivity index is 2.35. The third kappa shape index (κ3) is 1.43. The molecule has 3 aromatic carbocycles. The lowest BCUT2D eigenvalue weighted by Gasteiger charge is -2.25. The number of imide groups is 1. The smallest absolute Gasteiger partial charge is 0.261 e. The lowest BCUT2D eigenvalue weighted by atomic mass is 9.88. The second-order valence-corrected chi connectivity index (χ2v) is 5.49. The number of rotatable bonds is 0. The van der Waals surface area contributed by atoms with Gasteiger partial charge in [-0.1, -0.05) is 30.3 Å². The molecule has 3 heteroatoms. The normalized spacial score (nSPS) is 14.3. The molecule has 3 aromatic rings. The Labute approximate surface area is 121 Å². The first kappa shape index (κ1) is 12.1. The van der Waals surface area contributed by atoms with Gasteiger partial charge in [0.25, 0.3) is 11.8 Å². The molecule has 102 valence electrons. The average Bonchev–Trinajstić information content (AvgIpc) is 2.50. The van der Waals surface area contributed by atoms with Crippen LogP contribution in [0, 0.1) is 6.92 Å². The molecule has 0 aliphatic carbocycles. The van der Waals surface area contributed by atoms with Gasteiger partial charge in [-0.3, -0.25) is 14.5 Å². The quantitative estimate of drug-likeness (QED) is 0.465. The molecule has 0 radical (unpaired) electrons. The lowest BCUT2D eigenvalue weighted by Crippen LogP contribution is -2.37. The highest BCUT2D eigenvalue weighted by molar-refractivity contribution is 6.30. The summed E-state index contributed by atoms with van der Waals surface area (Å²) in [7, 11) is 1.54. The summed E-state index contributed by atoms with van der Waals surface area (Å²) in [6, 6.07) is 13.7. The Kier molecular flexibility index (Phi) is 2.25. The van der Waals surface area contributed by atoms with E-state index in [4.69, 9.17) is 0 Å². The van der Waals surface area contributed by atoms with Crippen molar-refractivity contribution in [1.82, 2.24) is 4.90 Å². The van der Waals surface area contributed by atoms with Crippen LogP contribution in [0.3, 0.4) is 0 Å². The van der Waals surface area contributed by atoms with Gasteiger partial charge in [-0.15, -0.1) is 0 Å². The largest absolute Gasteiger partial charge is 0.277 e. The van der Waals surface area contributed by atoms with Crippen LogP contribution >= 0.6 is 0 Å². The maximum atomic E-state index is 12.6. The summed E-state index contributed by atoms with van der Waals surface area (Å²) in [5, 5.41) is 3.70. The third-order valence-electron chi connectivity index (χ3n) is 4.30. The Morgan fingerprint density at radius 1 is 0.905 bits per heavy atom. The summed E-state index contributed by atoms with van der Waals surface area (Å²) in [6.07, 6.45) is 0. The van der Waals surface area contributed by atoms with Crippen molar-refractivity contribution in [3.63, 3.8) is 0 Å². The van der Waals surface area contributed by atoms with E-state index < -0.39 is 0 Å². The predicted molar refractivity (Wildman–Crippen MR) is 82.6 cm³/mol. The molecule has 0 bridgehead atoms. The fourth-order valence-electron chi connectivity index (χ4n) is 3.16. The first-order valence-electron chi connectivity index (χ1n) is 6.87. The number of amides is 2. The van der Waals surface area contributed by atoms with Gasteiger partial charge in [-0.05, 0) is 40.8 Å². The number of fused-ring (bicyclic) bond motifs is 2. The fraction of sp³-hybridized carbons (Fsp3) is 0.111. The predicted octanol–water partition coefficient (Wildman–Crippen LogP) is 3.53. The van der Waals surface area contributed by atoms with Crippen LogP contribution in [0.25, 0.3) is 21.5 Å². The molecule has 4 rings (SSSR count). The molecule has 0 aromatic heterocycles. The second kappa shape index (κ2) is 3.92. The molecule has 0 saturated carbocycles. The van der Waals surface area contributed by atoms with Gasteiger partial charge in [0.15, 0.2) is 0 Å². The minimum atomic E-state index is -0.229. The molecular formula is C18H13NO2. The number of hydrogen-bond acceptors (Lipinski definition) is 2. The van der Waals surface area contributed by atoms with Gasteiger partial charge in [0, 0.05) is 18.0 Å². The van der Waals surface area contributed by atoms with E-state index in [1.165, 1.54) is 4.90 Å². The topological polar surface area (TPSA) is 37.4 Å². The van der Waals surface area contributed by atoms with E-state index in [0.29, 0.717) is 11.1 Å². The zero-order valence-electron chi connectivity index (χ0n) is 11.8. The average molecular weight is 275 g/mol. The molecular weight excluding hydrogens is 262 g/mol. The number of aryl methyl sites for hydroxylation is 1. The number of benzene rings is 3. The molecule has 21 heavy (non-hydrogen) atoms. The third-order valence-corrected chi connectivity index (χ3v) is 4.30. The Hall–Kier alpha value is -2.68. The van der Waals surface area contributed by atoms with Crippen LogP contribution in [0.15, 0.2) is 42.5 Å². The fourth-order valence-corrected chi connectivity index (χ4v) is 3.16. The molecule has 0 fully saturated rings. The molecule has 0 saturated heterocycles. The van der Waals surface area contributed by atoms with E-state index in [2.05, 4.69) is 6.07 Å². The first-order chi connectivity index (χ1) is 10.1. The highest BCUT2D eigenvalue weighted by Gasteiger charge is 2.31. The first-order valence-corrected chi connectivity index (χ1v) is 6.87. The van der Waals surface area contributed by atoms with Crippen molar-refractivity contribution < 1.29 is 9.59 Å². The number of nitrogens with zero attached hydrogens (tertiary/aromatic N) is 1. The Morgan fingerprint density at radius 2 is 1.67 bits per heavy atom. The molecule has 2 amide bonds. The second-order valence-electron chi connectivity index (χ2n) is 5.49. The van der Waals surface area contributed by atoms with Gasteiger partial charge in [0.05, 0.1) is 5.56 Å². The van der Waals surface area contributed by atoms with Crippen LogP contribution in [0.4, 0.5) is 0 Å². The molecule has 1 heterocycles. The van der Waals surface area contributed by atoms with Gasteiger partial charge < -0.3 is 0 Å². The zero-order valence-corrected chi connectivity index (χ0v) is 11.8. The van der Waals surface area contributed by atoms with E-state index in [1.54, 1.807) is 7.05 Å². The Morgan fingerprint density at radius 3 is 2.48 bits per heavy atom. The lowest BCUT2D eigenvalue weighted by molar-refractivity contribution is 0.0652. The summed E-state index contributed by atoms with van der Waals surface area (Å²) in [5.41, 5.74) is 2.33. The van der Waals surface area contributed by atoms with Gasteiger partial charge in [0.2, 0.25) is 0 Å². The van der Waals surface area contributed by atoms with Crippen LogP contribution in [0.2, 0.25) is 0 Å². The number of carbonyl (C=O) groups is 2. The van der Waals surface area contributed by atoms with Gasteiger partial charge in [-0.25, -0.2) is 0 Å². The van der Waals surface area contributed by atoms with Crippen LogP contribution in [-0.2, 0) is 0 Å². The van der Waals surface area contributed by atoms with Gasteiger partial charge >= 0.3 is 0 Å². The van der Waals surface area contributed by atoms with Gasteiger partial charge in [0.1, 0.15) is 0 Å². The summed E-state index contributed by atoms with van der Waals surface area (Å²) in [5.74, 6) is -0.451. The number of hydrogen-bond donors (Lipinski definition) is 0.